The third-order valence-corrected chi connectivity index (χ3v) is 5.47. The molecule has 22 heavy (non-hydrogen) atoms. The van der Waals surface area contributed by atoms with Gasteiger partial charge in [0, 0.05) is 24.6 Å². The van der Waals surface area contributed by atoms with Gasteiger partial charge in [-0.2, -0.15) is 0 Å². The summed E-state index contributed by atoms with van der Waals surface area (Å²) in [5, 5.41) is 3.37. The van der Waals surface area contributed by atoms with Crippen molar-refractivity contribution in [1.82, 2.24) is 5.32 Å². The summed E-state index contributed by atoms with van der Waals surface area (Å²) >= 11 is 6.01. The van der Waals surface area contributed by atoms with Crippen molar-refractivity contribution < 1.29 is 14.3 Å². The van der Waals surface area contributed by atoms with Crippen LogP contribution in [-0.4, -0.2) is 31.8 Å². The predicted molar refractivity (Wildman–Crippen MR) is 87.5 cm³/mol. The maximum atomic E-state index is 12.5. The number of benzene rings is 1. The summed E-state index contributed by atoms with van der Waals surface area (Å²) in [4.78, 5) is 12.5. The summed E-state index contributed by atoms with van der Waals surface area (Å²) < 4.78 is 10.8. The number of anilines is 1. The Morgan fingerprint density at radius 3 is 2.50 bits per heavy atom. The Morgan fingerprint density at radius 1 is 1.36 bits per heavy atom. The van der Waals surface area contributed by atoms with Gasteiger partial charge in [-0.1, -0.05) is 25.4 Å². The monoisotopic (exact) mass is 326 g/mol. The van der Waals surface area contributed by atoms with Crippen LogP contribution in [0.15, 0.2) is 12.1 Å². The number of ether oxygens (including phenoxy) is 2. The number of halogens is 1. The summed E-state index contributed by atoms with van der Waals surface area (Å²) in [6, 6.07) is 3.11. The molecule has 0 heterocycles. The van der Waals surface area contributed by atoms with Gasteiger partial charge < -0.3 is 20.5 Å². The van der Waals surface area contributed by atoms with Gasteiger partial charge in [0.15, 0.2) is 0 Å². The van der Waals surface area contributed by atoms with Crippen LogP contribution in [0.25, 0.3) is 0 Å². The van der Waals surface area contributed by atoms with Crippen molar-refractivity contribution >= 4 is 23.2 Å². The Bertz CT molecular complexity index is 603. The molecule has 1 aliphatic carbocycles. The highest BCUT2D eigenvalue weighted by Gasteiger charge is 2.58. The van der Waals surface area contributed by atoms with Gasteiger partial charge in [-0.05, 0) is 19.4 Å². The zero-order valence-corrected chi connectivity index (χ0v) is 14.4. The number of carbonyl (C=O) groups is 1. The number of nitrogens with two attached hydrogens (primary N) is 1. The van der Waals surface area contributed by atoms with Crippen molar-refractivity contribution in [2.45, 2.75) is 38.8 Å². The first-order chi connectivity index (χ1) is 10.2. The molecule has 1 fully saturated rings. The Labute approximate surface area is 136 Å². The van der Waals surface area contributed by atoms with Crippen molar-refractivity contribution in [3.05, 3.63) is 22.7 Å². The minimum atomic E-state index is -0.242. The maximum absolute atomic E-state index is 12.5. The van der Waals surface area contributed by atoms with E-state index in [1.165, 1.54) is 13.2 Å². The zero-order chi connectivity index (χ0) is 16.7. The second kappa shape index (κ2) is 5.63. The van der Waals surface area contributed by atoms with Gasteiger partial charge >= 0.3 is 0 Å². The average Bonchev–Trinajstić information content (AvgIpc) is 2.48. The molecule has 6 heteroatoms. The SMILES string of the molecule is COc1cc(N)c(Cl)cc1C(=O)NC1CC(C)(OC)C1(C)C. The highest BCUT2D eigenvalue weighted by Crippen LogP contribution is 2.51. The molecule has 2 atom stereocenters. The first kappa shape index (κ1) is 16.9. The molecule has 1 saturated carbocycles. The van der Waals surface area contributed by atoms with Gasteiger partial charge in [-0.25, -0.2) is 0 Å². The molecule has 0 radical (unpaired) electrons. The Balaban J connectivity index is 2.20. The number of rotatable bonds is 4. The van der Waals surface area contributed by atoms with Crippen molar-refractivity contribution in [3.63, 3.8) is 0 Å². The van der Waals surface area contributed by atoms with Gasteiger partial charge in [0.2, 0.25) is 0 Å². The van der Waals surface area contributed by atoms with Crippen molar-refractivity contribution in [3.8, 4) is 5.75 Å². The van der Waals surface area contributed by atoms with Crippen LogP contribution in [0.2, 0.25) is 5.02 Å². The fraction of sp³-hybridized carbons (Fsp3) is 0.562. The second-order valence-electron chi connectivity index (χ2n) is 6.46. The third-order valence-electron chi connectivity index (χ3n) is 5.15. The summed E-state index contributed by atoms with van der Waals surface area (Å²) in [7, 11) is 3.19. The number of nitrogen functional groups attached to an aromatic ring is 1. The Hall–Kier alpha value is -1.46. The molecule has 2 rings (SSSR count). The lowest BCUT2D eigenvalue weighted by Crippen LogP contribution is -2.68. The normalized spacial score (nSPS) is 26.2. The topological polar surface area (TPSA) is 73.6 Å². The molecule has 1 aromatic rings. The number of hydrogen-bond acceptors (Lipinski definition) is 4. The van der Waals surface area contributed by atoms with E-state index in [0.717, 1.165) is 6.42 Å². The summed E-state index contributed by atoms with van der Waals surface area (Å²) in [6.45, 7) is 6.21. The van der Waals surface area contributed by atoms with E-state index in [1.807, 2.05) is 0 Å². The van der Waals surface area contributed by atoms with E-state index in [2.05, 4.69) is 26.1 Å². The largest absolute Gasteiger partial charge is 0.496 e. The molecule has 0 saturated heterocycles. The Morgan fingerprint density at radius 2 is 2.00 bits per heavy atom. The van der Waals surface area contributed by atoms with Crippen molar-refractivity contribution in [2.24, 2.45) is 5.41 Å². The number of amides is 1. The number of hydrogen-bond donors (Lipinski definition) is 2. The van der Waals surface area contributed by atoms with Crippen LogP contribution in [0.1, 0.15) is 37.6 Å². The van der Waals surface area contributed by atoms with Crippen LogP contribution in [0.4, 0.5) is 5.69 Å². The van der Waals surface area contributed by atoms with Crippen LogP contribution in [0.3, 0.4) is 0 Å². The van der Waals surface area contributed by atoms with Gasteiger partial charge in [0.05, 0.1) is 29.0 Å². The average molecular weight is 327 g/mol. The molecular formula is C16H23ClN2O3. The smallest absolute Gasteiger partial charge is 0.255 e. The predicted octanol–water partition coefficient (Wildman–Crippen LogP) is 2.86. The fourth-order valence-electron chi connectivity index (χ4n) is 2.87. The van der Waals surface area contributed by atoms with Crippen molar-refractivity contribution in [1.29, 1.82) is 0 Å². The fourth-order valence-corrected chi connectivity index (χ4v) is 3.04. The van der Waals surface area contributed by atoms with Crippen LogP contribution >= 0.6 is 11.6 Å². The van der Waals surface area contributed by atoms with Crippen LogP contribution < -0.4 is 15.8 Å². The molecule has 5 nitrogen and oxygen atoms in total. The summed E-state index contributed by atoms with van der Waals surface area (Å²) in [6.07, 6.45) is 0.757. The molecular weight excluding hydrogens is 304 g/mol. The third kappa shape index (κ3) is 2.52. The second-order valence-corrected chi connectivity index (χ2v) is 6.87. The van der Waals surface area contributed by atoms with Crippen LogP contribution in [0, 0.1) is 5.41 Å². The van der Waals surface area contributed by atoms with E-state index in [9.17, 15) is 4.79 Å². The van der Waals surface area contributed by atoms with Crippen LogP contribution in [-0.2, 0) is 4.74 Å². The standard InChI is InChI=1S/C16H23ClN2O3/c1-15(2)13(8-16(15,3)22-5)19-14(20)9-6-10(17)11(18)7-12(9)21-4/h6-7,13H,8,18H2,1-5H3,(H,19,20). The van der Waals surface area contributed by atoms with Gasteiger partial charge in [0.25, 0.3) is 5.91 Å². The van der Waals surface area contributed by atoms with E-state index < -0.39 is 0 Å². The molecule has 3 N–H and O–H groups in total. The van der Waals surface area contributed by atoms with E-state index in [0.29, 0.717) is 22.0 Å². The number of nitrogens with one attached hydrogen (secondary N) is 1. The zero-order valence-electron chi connectivity index (χ0n) is 13.6. The molecule has 2 unspecified atom stereocenters. The lowest BCUT2D eigenvalue weighted by molar-refractivity contribution is -0.177. The van der Waals surface area contributed by atoms with Crippen LogP contribution in [0.5, 0.6) is 5.75 Å². The van der Waals surface area contributed by atoms with E-state index in [1.54, 1.807) is 13.2 Å². The highest BCUT2D eigenvalue weighted by molar-refractivity contribution is 6.33. The van der Waals surface area contributed by atoms with E-state index in [-0.39, 0.29) is 23.0 Å². The molecule has 0 bridgehead atoms. The van der Waals surface area contributed by atoms with Crippen molar-refractivity contribution in [2.75, 3.05) is 20.0 Å². The summed E-state index contributed by atoms with van der Waals surface area (Å²) in [5.41, 5.74) is 6.09. The van der Waals surface area contributed by atoms with E-state index >= 15 is 0 Å². The molecule has 0 aromatic heterocycles. The van der Waals surface area contributed by atoms with E-state index in [4.69, 9.17) is 26.8 Å². The van der Waals surface area contributed by atoms with Gasteiger partial charge in [0.1, 0.15) is 5.75 Å². The first-order valence-electron chi connectivity index (χ1n) is 7.15. The summed E-state index contributed by atoms with van der Waals surface area (Å²) in [5.74, 6) is 0.181. The maximum Gasteiger partial charge on any atom is 0.255 e. The lowest BCUT2D eigenvalue weighted by atomic mass is 9.56. The molecule has 0 spiro atoms. The molecule has 0 aliphatic heterocycles. The molecule has 1 aromatic carbocycles. The minimum Gasteiger partial charge on any atom is -0.496 e. The molecule has 1 amide bonds. The first-order valence-corrected chi connectivity index (χ1v) is 7.53. The highest BCUT2D eigenvalue weighted by atomic mass is 35.5. The Kier molecular flexibility index (Phi) is 4.33. The number of methoxy groups -OCH3 is 2. The molecule has 1 aliphatic rings. The lowest BCUT2D eigenvalue weighted by Gasteiger charge is -2.59. The number of carbonyl (C=O) groups excluding carboxylic acids is 1. The minimum absolute atomic E-state index is 0.0194. The quantitative estimate of drug-likeness (QED) is 0.834. The van der Waals surface area contributed by atoms with Gasteiger partial charge in [-0.3, -0.25) is 4.79 Å². The van der Waals surface area contributed by atoms with Gasteiger partial charge in [-0.15, -0.1) is 0 Å². The molecule has 122 valence electrons.